The number of hydrogen-bond acceptors (Lipinski definition) is 2. The topological polar surface area (TPSA) is 26.3 Å². The highest BCUT2D eigenvalue weighted by Gasteiger charge is 2.36. The molecule has 0 amide bonds. The van der Waals surface area contributed by atoms with Gasteiger partial charge in [0.1, 0.15) is 22.3 Å². The molecule has 2 nitrogen and oxygen atoms in total. The van der Waals surface area contributed by atoms with E-state index in [-0.39, 0.29) is 0 Å². The van der Waals surface area contributed by atoms with Gasteiger partial charge in [-0.1, -0.05) is 286 Å². The Morgan fingerprint density at radius 2 is 0.584 bits per heavy atom. The molecule has 0 N–H and O–H groups in total. The number of hydrogen-bond donors (Lipinski definition) is 0. The molecule has 2 aromatic heterocycles. The van der Waals surface area contributed by atoms with Gasteiger partial charge in [0, 0.05) is 31.1 Å². The second kappa shape index (κ2) is 22.1. The number of fused-ring (bicyclic) bond motifs is 20. The van der Waals surface area contributed by atoms with Crippen LogP contribution in [0.5, 0.6) is 0 Å². The fourth-order valence-corrected chi connectivity index (χ4v) is 13.2. The molecule has 21 aromatic rings. The van der Waals surface area contributed by atoms with E-state index >= 15 is 0 Å². The molecular weight excluding hydrogens is 1220 g/mol. The van der Waals surface area contributed by atoms with Gasteiger partial charge in [0.25, 0.3) is 0 Å². The summed E-state index contributed by atoms with van der Waals surface area (Å²) in [7, 11) is 0. The molecule has 0 saturated heterocycles. The minimum atomic E-state index is -3.48. The summed E-state index contributed by atoms with van der Waals surface area (Å²) in [5, 5.41) is -13.8. The van der Waals surface area contributed by atoms with Crippen molar-refractivity contribution in [2.24, 2.45) is 0 Å². The molecule has 1 atom stereocenters. The van der Waals surface area contributed by atoms with E-state index in [0.717, 1.165) is 6.92 Å². The van der Waals surface area contributed by atoms with Crippen LogP contribution in [-0.4, -0.2) is 0 Å². The normalized spacial score (nSPS) is 22.0. The summed E-state index contributed by atoms with van der Waals surface area (Å²) in [5.41, 5.74) is -15.9. The Balaban J connectivity index is 0.000000185. The van der Waals surface area contributed by atoms with Crippen molar-refractivity contribution < 1.29 is 89.7 Å². The smallest absolute Gasteiger partial charge is 0.136 e. The molecular formula is C99H62O2. The van der Waals surface area contributed by atoms with Gasteiger partial charge in [0.15, 0.2) is 0 Å². The summed E-state index contributed by atoms with van der Waals surface area (Å²) in [6, 6.07) is -51.5. The number of rotatable bonds is 5. The Morgan fingerprint density at radius 3 is 1.07 bits per heavy atom. The first-order valence-corrected chi connectivity index (χ1v) is 30.3. The SMILES string of the molecule is [2H]c1c(-c2c3c([2H])c([2H])c([2H])c([2H])c3c(-c3c([2H])c4c([2H])c([2H])c5c([2H])c([2H])c([2H])c([2H])c5c4c4c([2H])c([2H])c([2H])c([2H])c34)c3c([2H])c([2H])c([2H])c([2H])c23)c([2H])c2c(oc3c([2H])c4c([2H])c([2H])c([2H])c([2H])c4c([2H])c32)c1[2H].[2H]c1c([2H])c([2H])c(-c2c([2H])c([2H])c3c(c2[2H])C(C)(C([2H])([2H])[2H])c2c([2H])c(-c4c5c([2H])c([2H])c([2H])c([2H])c5c(-c5c([2H])c([2H])c6oc7c([2H])c8c([2H])c([2H])c([2H])c([2H])c8c([2H])c7c6c5[2H])c5c([2H])c([2H])c([2H])c([2H])c45)c([2H])c([2H])c2-3)c([2H])c1[2H]. The van der Waals surface area contributed by atoms with E-state index in [9.17, 15) is 35.6 Å². The highest BCUT2D eigenvalue weighted by atomic mass is 16.3. The van der Waals surface area contributed by atoms with E-state index in [1.54, 1.807) is 0 Å². The third-order valence-corrected chi connectivity index (χ3v) is 17.6. The predicted molar refractivity (Wildman–Crippen MR) is 430 cm³/mol. The Labute approximate surface area is 665 Å². The summed E-state index contributed by atoms with van der Waals surface area (Å²) in [5.74, 6) is 0. The molecule has 470 valence electrons. The lowest BCUT2D eigenvalue weighted by molar-refractivity contribution is 0.661. The van der Waals surface area contributed by atoms with Gasteiger partial charge in [-0.2, -0.15) is 0 Å². The molecule has 0 aliphatic heterocycles. The maximum absolute atomic E-state index is 10.2. The minimum Gasteiger partial charge on any atom is -0.456 e. The van der Waals surface area contributed by atoms with Crippen molar-refractivity contribution in [1.82, 2.24) is 0 Å². The van der Waals surface area contributed by atoms with Crippen LogP contribution in [0.25, 0.3) is 208 Å². The minimum absolute atomic E-state index is 0.453. The van der Waals surface area contributed by atoms with Crippen molar-refractivity contribution in [3.8, 4) is 66.8 Å². The lowest BCUT2D eigenvalue weighted by Crippen LogP contribution is -2.15. The van der Waals surface area contributed by atoms with Crippen LogP contribution < -0.4 is 0 Å². The molecule has 1 aliphatic rings. The quantitative estimate of drug-likeness (QED) is 0.127. The largest absolute Gasteiger partial charge is 0.456 e. The molecule has 1 aliphatic carbocycles. The highest BCUT2D eigenvalue weighted by molar-refractivity contribution is 6.29. The first-order chi connectivity index (χ1) is 74.5. The van der Waals surface area contributed by atoms with Crippen molar-refractivity contribution in [1.29, 1.82) is 0 Å². The Bertz CT molecular complexity index is 10600. The van der Waals surface area contributed by atoms with Crippen LogP contribution in [0.2, 0.25) is 0 Å². The van der Waals surface area contributed by atoms with Crippen LogP contribution in [0.15, 0.2) is 347 Å². The zero-order chi connectivity index (χ0) is 118. The molecule has 0 spiro atoms. The second-order valence-corrected chi connectivity index (χ2v) is 23.1. The van der Waals surface area contributed by atoms with Gasteiger partial charge in [-0.05, 0) is 241 Å². The van der Waals surface area contributed by atoms with Gasteiger partial charge in [-0.15, -0.1) is 0 Å². The summed E-state index contributed by atoms with van der Waals surface area (Å²) in [6.07, 6.45) is 0. The second-order valence-electron chi connectivity index (χ2n) is 23.1. The number of benzene rings is 19. The molecule has 1 unspecified atom stereocenters. The molecule has 0 fully saturated rings. The molecule has 101 heavy (non-hydrogen) atoms. The standard InChI is InChI=1S/C51H34O.C48H28O/c1-51(2)45-28-34(31-12-4-3-5-13-31)20-23-37(45)38-24-21-36(29-46(38)51)50-41-18-10-8-16-39(41)49(40-17-9-11-19-42(40)50)35-22-25-47-43(27-35)44-26-32-14-6-7-15-33(32)30-48(44)52-47;1-2-13-31-28-45-42(25-30(31)12-1)41-26-33(23-24-44(41)49-45)47-37-17-7-9-19-39(37)48(40-20-10-8-18-38(40)47)43-27-32-22-21-29-11-3-4-14-34(29)46(32)36-16-6-5-15-35(36)43/h3-30H,1-2H3;1-28H/i1D3,3D,4D,5D,6D,7D,8D,9D,10D,11D,12D,13D,14D,15D,16D,17D,18D,19D,20D,21D,22D,23D,24D,25D,26D,27D,28D,29D,30D;1D,2D,3D,4D,5D,6D,7D,8D,9D,10D,11D,12D,13D,14D,15D,16D,17D,18D,19D,20D,21D,22D,23D,24D,25D,26D,27D,28D. The van der Waals surface area contributed by atoms with Gasteiger partial charge >= 0.3 is 0 Å². The first-order valence-electron chi connectivity index (χ1n) is 59.8. The summed E-state index contributed by atoms with van der Waals surface area (Å²) >= 11 is 0. The Kier molecular flexibility index (Phi) is 5.23. The van der Waals surface area contributed by atoms with E-state index in [1.165, 1.54) is 0 Å². The predicted octanol–water partition coefficient (Wildman–Crippen LogP) is 28.2. The average Bonchev–Trinajstić information content (AvgIpc) is 1.26. The molecule has 0 radical (unpaired) electrons. The molecule has 2 heterocycles. The summed E-state index contributed by atoms with van der Waals surface area (Å²) in [6.45, 7) is -2.51. The van der Waals surface area contributed by atoms with E-state index < -0.39 is 569 Å². The van der Waals surface area contributed by atoms with E-state index in [1.807, 2.05) is 0 Å². The van der Waals surface area contributed by atoms with Crippen molar-refractivity contribution in [2.75, 3.05) is 0 Å². The Hall–Kier alpha value is -12.9. The number of furan rings is 2. The molecule has 22 rings (SSSR count). The monoisotopic (exact) mass is 1340 g/mol. The van der Waals surface area contributed by atoms with E-state index in [0.29, 0.717) is 0 Å². The van der Waals surface area contributed by atoms with Gasteiger partial charge in [-0.25, -0.2) is 0 Å². The van der Waals surface area contributed by atoms with Crippen LogP contribution >= 0.6 is 0 Å². The van der Waals surface area contributed by atoms with Gasteiger partial charge in [-0.3, -0.25) is 0 Å². The van der Waals surface area contributed by atoms with Gasteiger partial charge in [0.2, 0.25) is 0 Å². The molecule has 0 saturated carbocycles. The summed E-state index contributed by atoms with van der Waals surface area (Å²) < 4.78 is 550. The van der Waals surface area contributed by atoms with Crippen molar-refractivity contribution in [2.45, 2.75) is 19.2 Å². The molecule has 19 aromatic carbocycles. The van der Waals surface area contributed by atoms with Crippen molar-refractivity contribution >= 4 is 141 Å². The lowest BCUT2D eigenvalue weighted by atomic mass is 9.80. The molecule has 0 bridgehead atoms. The zero-order valence-corrected chi connectivity index (χ0v) is 50.8. The van der Waals surface area contributed by atoms with Crippen LogP contribution in [0.1, 0.15) is 106 Å². The molecule has 2 heteroatoms. The highest BCUT2D eigenvalue weighted by Crippen LogP contribution is 2.54. The van der Waals surface area contributed by atoms with Crippen molar-refractivity contribution in [3.05, 3.63) is 350 Å². The van der Waals surface area contributed by atoms with Crippen LogP contribution in [-0.2, 0) is 5.41 Å². The third kappa shape index (κ3) is 8.78. The first kappa shape index (κ1) is 23.9. The van der Waals surface area contributed by atoms with Crippen LogP contribution in [0, 0.1) is 0 Å². The maximum atomic E-state index is 10.2. The van der Waals surface area contributed by atoms with Crippen molar-refractivity contribution in [3.63, 3.8) is 0 Å². The Morgan fingerprint density at radius 1 is 0.228 bits per heavy atom. The zero-order valence-electron chi connectivity index (χ0n) is 110. The average molecular weight is 1340 g/mol. The third-order valence-electron chi connectivity index (χ3n) is 17.6. The van der Waals surface area contributed by atoms with Gasteiger partial charge < -0.3 is 8.83 Å². The fourth-order valence-electron chi connectivity index (χ4n) is 13.2. The van der Waals surface area contributed by atoms with E-state index in [4.69, 9.17) is 54.1 Å². The maximum Gasteiger partial charge on any atom is 0.136 e. The summed E-state index contributed by atoms with van der Waals surface area (Å²) in [4.78, 5) is 0. The lowest BCUT2D eigenvalue weighted by Gasteiger charge is -2.23. The van der Waals surface area contributed by atoms with Crippen LogP contribution in [0.4, 0.5) is 0 Å². The van der Waals surface area contributed by atoms with Crippen LogP contribution in [0.3, 0.4) is 0 Å². The van der Waals surface area contributed by atoms with Gasteiger partial charge in [0.05, 0.1) is 76.8 Å². The van der Waals surface area contributed by atoms with E-state index in [2.05, 4.69) is 0 Å². The fraction of sp³-hybridized carbons (Fsp3) is 0.0303.